The van der Waals surface area contributed by atoms with Gasteiger partial charge in [-0.05, 0) is 38.2 Å². The molecule has 0 amide bonds. The average molecular weight is 357 g/mol. The molecule has 1 aliphatic heterocycles. The van der Waals surface area contributed by atoms with Gasteiger partial charge in [0.05, 0.1) is 12.7 Å². The molecule has 0 unspecified atom stereocenters. The molecule has 1 aromatic heterocycles. The number of esters is 1. The highest BCUT2D eigenvalue weighted by atomic mass is 32.1. The van der Waals surface area contributed by atoms with E-state index in [-0.39, 0.29) is 5.97 Å². The lowest BCUT2D eigenvalue weighted by atomic mass is 10.1. The summed E-state index contributed by atoms with van der Waals surface area (Å²) >= 11 is 6.93. The molecule has 2 rings (SSSR count). The topological polar surface area (TPSA) is 56.8 Å². The fraction of sp³-hybridized carbons (Fsp3) is 0.600. The summed E-state index contributed by atoms with van der Waals surface area (Å²) in [5.41, 5.74) is 4.82. The van der Waals surface area contributed by atoms with Gasteiger partial charge in [0, 0.05) is 31.1 Å². The Kier molecular flexibility index (Phi) is 6.34. The van der Waals surface area contributed by atoms with Crippen LogP contribution in [0.15, 0.2) is 0 Å². The Balaban J connectivity index is 2.07. The minimum Gasteiger partial charge on any atom is -0.465 e. The molecule has 0 atom stereocenters. The van der Waals surface area contributed by atoms with Crippen LogP contribution >= 0.6 is 23.6 Å². The summed E-state index contributed by atoms with van der Waals surface area (Å²) in [7, 11) is 3.51. The predicted molar refractivity (Wildman–Crippen MR) is 98.2 cm³/mol. The Labute approximate surface area is 146 Å². The molecule has 0 aromatic carbocycles. The van der Waals surface area contributed by atoms with E-state index >= 15 is 0 Å². The molecule has 0 radical (unpaired) electrons. The number of nitrogens with one attached hydrogen (secondary N) is 2. The number of methoxy groups -OCH3 is 1. The molecule has 2 N–H and O–H groups in total. The van der Waals surface area contributed by atoms with Crippen LogP contribution in [0.25, 0.3) is 0 Å². The maximum absolute atomic E-state index is 12.1. The van der Waals surface area contributed by atoms with Crippen LogP contribution in [0.5, 0.6) is 0 Å². The number of nitrogens with zero attached hydrogens (tertiary/aromatic N) is 2. The van der Waals surface area contributed by atoms with Crippen LogP contribution in [-0.4, -0.2) is 61.3 Å². The van der Waals surface area contributed by atoms with Crippen LogP contribution in [0.1, 0.15) is 27.7 Å². The number of hydrazine groups is 1. The van der Waals surface area contributed by atoms with Gasteiger partial charge in [0.1, 0.15) is 5.00 Å². The van der Waals surface area contributed by atoms with E-state index in [1.54, 1.807) is 0 Å². The third-order valence-electron chi connectivity index (χ3n) is 3.94. The molecule has 1 aromatic rings. The molecular formula is C15H24N4O2S2. The van der Waals surface area contributed by atoms with Gasteiger partial charge < -0.3 is 15.0 Å². The van der Waals surface area contributed by atoms with Gasteiger partial charge >= 0.3 is 5.97 Å². The largest absolute Gasteiger partial charge is 0.465 e. The number of thiophene rings is 1. The molecular weight excluding hydrogens is 332 g/mol. The molecule has 128 valence electrons. The number of anilines is 1. The number of ether oxygens (including phenoxy) is 1. The molecule has 1 aliphatic rings. The van der Waals surface area contributed by atoms with E-state index in [0.717, 1.165) is 48.0 Å². The second kappa shape index (κ2) is 8.05. The molecule has 0 spiro atoms. The molecule has 1 fully saturated rings. The Bertz CT molecular complexity index is 580. The number of hydrogen-bond donors (Lipinski definition) is 2. The first-order chi connectivity index (χ1) is 11.0. The van der Waals surface area contributed by atoms with Crippen molar-refractivity contribution in [3.8, 4) is 0 Å². The van der Waals surface area contributed by atoms with Crippen molar-refractivity contribution in [3.05, 3.63) is 16.0 Å². The summed E-state index contributed by atoms with van der Waals surface area (Å²) in [5, 5.41) is 6.51. The summed E-state index contributed by atoms with van der Waals surface area (Å²) in [5.74, 6) is -0.323. The Morgan fingerprint density at radius 3 is 2.57 bits per heavy atom. The Morgan fingerprint density at radius 1 is 1.35 bits per heavy atom. The van der Waals surface area contributed by atoms with Gasteiger partial charge in [-0.3, -0.25) is 5.43 Å². The quantitative estimate of drug-likeness (QED) is 0.631. The lowest BCUT2D eigenvalue weighted by Gasteiger charge is -2.33. The molecule has 0 bridgehead atoms. The zero-order valence-electron chi connectivity index (χ0n) is 14.1. The lowest BCUT2D eigenvalue weighted by molar-refractivity contribution is 0.0601. The van der Waals surface area contributed by atoms with Crippen LogP contribution in [0.2, 0.25) is 0 Å². The van der Waals surface area contributed by atoms with Gasteiger partial charge in [-0.2, -0.15) is 0 Å². The Morgan fingerprint density at radius 2 is 2.00 bits per heavy atom. The van der Waals surface area contributed by atoms with Crippen LogP contribution in [0, 0.1) is 6.92 Å². The number of carbonyl (C=O) groups excluding carboxylic acids is 1. The van der Waals surface area contributed by atoms with Gasteiger partial charge in [-0.15, -0.1) is 11.3 Å². The van der Waals surface area contributed by atoms with Gasteiger partial charge in [0.25, 0.3) is 0 Å². The van der Waals surface area contributed by atoms with Crippen LogP contribution in [0.4, 0.5) is 5.00 Å². The first-order valence-corrected chi connectivity index (χ1v) is 8.90. The summed E-state index contributed by atoms with van der Waals surface area (Å²) in [4.78, 5) is 15.5. The van der Waals surface area contributed by atoms with E-state index < -0.39 is 0 Å². The molecule has 0 aliphatic carbocycles. The molecule has 6 nitrogen and oxygen atoms in total. The van der Waals surface area contributed by atoms with Crippen molar-refractivity contribution < 1.29 is 9.53 Å². The molecule has 0 saturated carbocycles. The first kappa shape index (κ1) is 18.1. The fourth-order valence-electron chi connectivity index (χ4n) is 2.60. The predicted octanol–water partition coefficient (Wildman–Crippen LogP) is 1.85. The molecule has 8 heteroatoms. The first-order valence-electron chi connectivity index (χ1n) is 7.68. The van der Waals surface area contributed by atoms with Crippen molar-refractivity contribution in [1.29, 1.82) is 0 Å². The smallest absolute Gasteiger partial charge is 0.341 e. The summed E-state index contributed by atoms with van der Waals surface area (Å²) in [6.07, 6.45) is 0.785. The average Bonchev–Trinajstić information content (AvgIpc) is 2.83. The number of thiocarbonyl (C=S) groups is 1. The number of piperazine rings is 1. The number of likely N-dealkylation sites (N-methyl/N-ethyl adjacent to an activating group) is 1. The molecule has 2 heterocycles. The second-order valence-electron chi connectivity index (χ2n) is 5.54. The summed E-state index contributed by atoms with van der Waals surface area (Å²) in [6, 6.07) is 0. The van der Waals surface area contributed by atoms with Crippen molar-refractivity contribution in [3.63, 3.8) is 0 Å². The number of rotatable bonds is 4. The van der Waals surface area contributed by atoms with Crippen molar-refractivity contribution in [2.45, 2.75) is 20.3 Å². The van der Waals surface area contributed by atoms with E-state index in [1.807, 2.05) is 13.8 Å². The van der Waals surface area contributed by atoms with Crippen molar-refractivity contribution in [2.24, 2.45) is 0 Å². The third-order valence-corrected chi connectivity index (χ3v) is 5.20. The molecule has 1 saturated heterocycles. The van der Waals surface area contributed by atoms with Gasteiger partial charge in [0.2, 0.25) is 0 Å². The second-order valence-corrected chi connectivity index (χ2v) is 7.18. The highest BCUT2D eigenvalue weighted by molar-refractivity contribution is 7.80. The minimum absolute atomic E-state index is 0.323. The van der Waals surface area contributed by atoms with Crippen molar-refractivity contribution in [2.75, 3.05) is 45.7 Å². The maximum Gasteiger partial charge on any atom is 0.341 e. The maximum atomic E-state index is 12.1. The van der Waals surface area contributed by atoms with Gasteiger partial charge in [0.15, 0.2) is 5.11 Å². The zero-order valence-corrected chi connectivity index (χ0v) is 15.7. The van der Waals surface area contributed by atoms with E-state index in [0.29, 0.717) is 10.7 Å². The van der Waals surface area contributed by atoms with Crippen LogP contribution < -0.4 is 10.7 Å². The fourth-order valence-corrected chi connectivity index (χ4v) is 4.04. The van der Waals surface area contributed by atoms with Crippen molar-refractivity contribution >= 4 is 39.6 Å². The number of carbonyl (C=O) groups is 1. The summed E-state index contributed by atoms with van der Waals surface area (Å²) in [6.45, 7) is 7.87. The van der Waals surface area contributed by atoms with Gasteiger partial charge in [-0.1, -0.05) is 6.92 Å². The van der Waals surface area contributed by atoms with E-state index in [2.05, 4.69) is 27.7 Å². The highest BCUT2D eigenvalue weighted by Gasteiger charge is 2.23. The number of hydrogen-bond acceptors (Lipinski definition) is 6. The third kappa shape index (κ3) is 4.41. The standard InChI is InChI=1S/C15H24N4O2S2/c1-5-11-10(2)23-13(12(11)14(20)21-4)16-15(22)17-19-8-6-18(3)7-9-19/h5-9H2,1-4H3,(H2,16,17,22). The Hall–Kier alpha value is -1.22. The van der Waals surface area contributed by atoms with E-state index in [9.17, 15) is 4.79 Å². The van der Waals surface area contributed by atoms with Crippen LogP contribution in [-0.2, 0) is 11.2 Å². The van der Waals surface area contributed by atoms with Crippen LogP contribution in [0.3, 0.4) is 0 Å². The lowest BCUT2D eigenvalue weighted by Crippen LogP contribution is -2.53. The van der Waals surface area contributed by atoms with Gasteiger partial charge in [-0.25, -0.2) is 9.80 Å². The monoisotopic (exact) mass is 356 g/mol. The van der Waals surface area contributed by atoms with E-state index in [4.69, 9.17) is 17.0 Å². The van der Waals surface area contributed by atoms with E-state index in [1.165, 1.54) is 18.4 Å². The highest BCUT2D eigenvalue weighted by Crippen LogP contribution is 2.33. The SMILES string of the molecule is CCc1c(C)sc(NC(=S)NN2CCN(C)CC2)c1C(=O)OC. The normalized spacial score (nSPS) is 16.2. The zero-order chi connectivity index (χ0) is 17.0. The van der Waals surface area contributed by atoms with Crippen molar-refractivity contribution in [1.82, 2.24) is 15.3 Å². The minimum atomic E-state index is -0.323. The molecule has 23 heavy (non-hydrogen) atoms. The number of aryl methyl sites for hydroxylation is 1. The summed E-state index contributed by atoms with van der Waals surface area (Å²) < 4.78 is 4.92.